The summed E-state index contributed by atoms with van der Waals surface area (Å²) in [7, 11) is 1.47. The summed E-state index contributed by atoms with van der Waals surface area (Å²) < 4.78 is 22.6. The van der Waals surface area contributed by atoms with Crippen molar-refractivity contribution in [1.82, 2.24) is 4.98 Å². The molecule has 1 fully saturated rings. The minimum absolute atomic E-state index is 0.0847. The highest BCUT2D eigenvalue weighted by Crippen LogP contribution is 2.45. The Labute approximate surface area is 230 Å². The van der Waals surface area contributed by atoms with Crippen molar-refractivity contribution < 1.29 is 28.5 Å². The van der Waals surface area contributed by atoms with Gasteiger partial charge in [-0.15, -0.1) is 0 Å². The van der Waals surface area contributed by atoms with Crippen molar-refractivity contribution in [3.05, 3.63) is 94.1 Å². The van der Waals surface area contributed by atoms with Crippen LogP contribution in [0, 0.1) is 17.2 Å². The highest BCUT2D eigenvalue weighted by Gasteiger charge is 2.49. The largest absolute Gasteiger partial charge is 0.493 e. The predicted octanol–water partition coefficient (Wildman–Crippen LogP) is 5.86. The van der Waals surface area contributed by atoms with Crippen LogP contribution >= 0.6 is 11.6 Å². The van der Waals surface area contributed by atoms with Gasteiger partial charge in [0.2, 0.25) is 0 Å². The van der Waals surface area contributed by atoms with Gasteiger partial charge in [-0.2, -0.15) is 5.26 Å². The second-order valence-electron chi connectivity index (χ2n) is 9.58. The molecule has 2 heterocycles. The van der Waals surface area contributed by atoms with Crippen molar-refractivity contribution in [3.8, 4) is 17.6 Å². The van der Waals surface area contributed by atoms with E-state index in [2.05, 4.69) is 11.1 Å². The summed E-state index contributed by atoms with van der Waals surface area (Å²) in [4.78, 5) is 29.7. The molecule has 1 atom stereocenters. The highest BCUT2D eigenvalue weighted by atomic mass is 35.5. The molecule has 198 valence electrons. The third kappa shape index (κ3) is 5.01. The Hall–Kier alpha value is -4.48. The number of fused-ring (bicyclic) bond motifs is 1. The number of carbonyl (C=O) groups excluding carboxylic acids is 2. The second-order valence-corrected chi connectivity index (χ2v) is 9.99. The third-order valence-corrected chi connectivity index (χ3v) is 6.89. The van der Waals surface area contributed by atoms with Gasteiger partial charge in [0.1, 0.15) is 6.61 Å². The van der Waals surface area contributed by atoms with E-state index in [0.717, 1.165) is 10.9 Å². The first-order valence-electron chi connectivity index (χ1n) is 12.2. The Morgan fingerprint density at radius 2 is 1.77 bits per heavy atom. The van der Waals surface area contributed by atoms with E-state index in [1.165, 1.54) is 21.0 Å². The molecule has 9 heteroatoms. The van der Waals surface area contributed by atoms with Crippen LogP contribution in [-0.2, 0) is 25.7 Å². The fraction of sp³-hybridized carbons (Fsp3) is 0.233. The van der Waals surface area contributed by atoms with Crippen LogP contribution in [0.1, 0.15) is 42.0 Å². The molecule has 3 aromatic carbocycles. The highest BCUT2D eigenvalue weighted by molar-refractivity contribution is 6.32. The number of rotatable bonds is 7. The quantitative estimate of drug-likeness (QED) is 0.229. The molecule has 1 N–H and O–H groups in total. The van der Waals surface area contributed by atoms with E-state index in [1.54, 1.807) is 36.5 Å². The van der Waals surface area contributed by atoms with Crippen molar-refractivity contribution >= 4 is 34.4 Å². The Balaban J connectivity index is 1.60. The SMILES string of the molecule is COc1cc([C@H](c2c[nH]c3ccccc23)C2C(=O)OC(C)(C)OC2=O)cc(Cl)c1OCc1ccccc1C#N. The number of cyclic esters (lactones) is 2. The van der Waals surface area contributed by atoms with E-state index in [1.807, 2.05) is 30.3 Å². The van der Waals surface area contributed by atoms with E-state index >= 15 is 0 Å². The lowest BCUT2D eigenvalue weighted by molar-refractivity contribution is -0.240. The average Bonchev–Trinajstić information content (AvgIpc) is 3.33. The van der Waals surface area contributed by atoms with Crippen LogP contribution in [0.15, 0.2) is 66.9 Å². The molecule has 5 rings (SSSR count). The van der Waals surface area contributed by atoms with Crippen LogP contribution < -0.4 is 9.47 Å². The number of esters is 2. The molecular formula is C30H25ClN2O6. The van der Waals surface area contributed by atoms with Crippen molar-refractivity contribution in [3.63, 3.8) is 0 Å². The number of methoxy groups -OCH3 is 1. The Morgan fingerprint density at radius 3 is 2.49 bits per heavy atom. The number of para-hydroxylation sites is 1. The van der Waals surface area contributed by atoms with Crippen LogP contribution in [-0.4, -0.2) is 29.8 Å². The summed E-state index contributed by atoms with van der Waals surface area (Å²) in [5.41, 5.74) is 3.24. The normalized spacial score (nSPS) is 15.8. The Kier molecular flexibility index (Phi) is 6.94. The van der Waals surface area contributed by atoms with Crippen molar-refractivity contribution in [2.75, 3.05) is 7.11 Å². The molecular weight excluding hydrogens is 520 g/mol. The van der Waals surface area contributed by atoms with Crippen molar-refractivity contribution in [1.29, 1.82) is 5.26 Å². The van der Waals surface area contributed by atoms with E-state index in [9.17, 15) is 14.9 Å². The molecule has 0 unspecified atom stereocenters. The van der Waals surface area contributed by atoms with Crippen LogP contribution in [0.5, 0.6) is 11.5 Å². The molecule has 0 radical (unpaired) electrons. The monoisotopic (exact) mass is 544 g/mol. The zero-order valence-electron chi connectivity index (χ0n) is 21.5. The van der Waals surface area contributed by atoms with Gasteiger partial charge in [0, 0.05) is 42.4 Å². The number of aromatic amines is 1. The number of H-pyrrole nitrogens is 1. The molecule has 0 spiro atoms. The summed E-state index contributed by atoms with van der Waals surface area (Å²) in [5.74, 6) is -4.30. The molecule has 1 aliphatic rings. The van der Waals surface area contributed by atoms with Gasteiger partial charge in [-0.25, -0.2) is 0 Å². The molecule has 4 aromatic rings. The number of aromatic nitrogens is 1. The minimum atomic E-state index is -1.37. The van der Waals surface area contributed by atoms with Gasteiger partial charge >= 0.3 is 11.9 Å². The summed E-state index contributed by atoms with van der Waals surface area (Å²) in [6.45, 7) is 3.10. The number of hydrogen-bond donors (Lipinski definition) is 1. The summed E-state index contributed by atoms with van der Waals surface area (Å²) in [5, 5.41) is 10.4. The fourth-order valence-electron chi connectivity index (χ4n) is 4.87. The van der Waals surface area contributed by atoms with Gasteiger partial charge in [-0.1, -0.05) is 48.0 Å². The standard InChI is InChI=1S/C30H25ClN2O6/c1-30(2)38-28(34)26(29(35)39-30)25(21-15-33-23-11-7-6-10-20(21)23)19-12-22(31)27(24(13-19)36-3)37-16-18-9-5-4-8-17(18)14-32/h4-13,15,25-26,33H,16H2,1-3H3/t25-/m1/s1. The van der Waals surface area contributed by atoms with E-state index in [-0.39, 0.29) is 17.4 Å². The lowest BCUT2D eigenvalue weighted by Crippen LogP contribution is -2.48. The first-order chi connectivity index (χ1) is 18.7. The number of ether oxygens (including phenoxy) is 4. The maximum atomic E-state index is 13.2. The molecule has 0 saturated carbocycles. The van der Waals surface area contributed by atoms with Gasteiger partial charge in [0.15, 0.2) is 17.4 Å². The molecule has 0 amide bonds. The second kappa shape index (κ2) is 10.4. The van der Waals surface area contributed by atoms with E-state index in [0.29, 0.717) is 28.0 Å². The first kappa shape index (κ1) is 26.1. The van der Waals surface area contributed by atoms with Crippen LogP contribution in [0.4, 0.5) is 0 Å². The van der Waals surface area contributed by atoms with Gasteiger partial charge < -0.3 is 23.9 Å². The fourth-order valence-corrected chi connectivity index (χ4v) is 5.14. The number of nitrogens with zero attached hydrogens (tertiary/aromatic N) is 1. The summed E-state index contributed by atoms with van der Waals surface area (Å²) >= 11 is 6.72. The number of halogens is 1. The zero-order valence-corrected chi connectivity index (χ0v) is 22.2. The lowest BCUT2D eigenvalue weighted by atomic mass is 9.79. The molecule has 0 bridgehead atoms. The van der Waals surface area contributed by atoms with Crippen LogP contribution in [0.3, 0.4) is 0 Å². The van der Waals surface area contributed by atoms with Crippen LogP contribution in [0.2, 0.25) is 5.02 Å². The molecule has 39 heavy (non-hydrogen) atoms. The number of nitriles is 1. The lowest BCUT2D eigenvalue weighted by Gasteiger charge is -2.36. The van der Waals surface area contributed by atoms with Gasteiger partial charge in [0.25, 0.3) is 5.79 Å². The predicted molar refractivity (Wildman–Crippen MR) is 143 cm³/mol. The topological polar surface area (TPSA) is 111 Å². The van der Waals surface area contributed by atoms with E-state index < -0.39 is 29.6 Å². The first-order valence-corrected chi connectivity index (χ1v) is 12.6. The Morgan fingerprint density at radius 1 is 1.08 bits per heavy atom. The molecule has 1 aromatic heterocycles. The average molecular weight is 545 g/mol. The number of benzene rings is 3. The molecule has 1 saturated heterocycles. The maximum Gasteiger partial charge on any atom is 0.324 e. The zero-order chi connectivity index (χ0) is 27.7. The smallest absolute Gasteiger partial charge is 0.324 e. The molecule has 0 aliphatic carbocycles. The summed E-state index contributed by atoms with van der Waals surface area (Å²) in [6.07, 6.45) is 1.76. The van der Waals surface area contributed by atoms with Gasteiger partial charge in [-0.3, -0.25) is 9.59 Å². The molecule has 1 aliphatic heterocycles. The third-order valence-electron chi connectivity index (χ3n) is 6.61. The number of nitrogens with one attached hydrogen (secondary N) is 1. The summed E-state index contributed by atoms with van der Waals surface area (Å²) in [6, 6.07) is 20.1. The minimum Gasteiger partial charge on any atom is -0.493 e. The van der Waals surface area contributed by atoms with E-state index in [4.69, 9.17) is 30.5 Å². The van der Waals surface area contributed by atoms with Gasteiger partial charge in [-0.05, 0) is 35.4 Å². The maximum absolute atomic E-state index is 13.2. The van der Waals surface area contributed by atoms with Crippen molar-refractivity contribution in [2.24, 2.45) is 5.92 Å². The van der Waals surface area contributed by atoms with Gasteiger partial charge in [0.05, 0.1) is 23.8 Å². The number of hydrogen-bond acceptors (Lipinski definition) is 7. The van der Waals surface area contributed by atoms with Crippen LogP contribution in [0.25, 0.3) is 10.9 Å². The number of carbonyl (C=O) groups is 2. The molecule has 8 nitrogen and oxygen atoms in total. The Bertz CT molecular complexity index is 1600. The van der Waals surface area contributed by atoms with Crippen molar-refractivity contribution in [2.45, 2.75) is 32.2 Å².